The Balaban J connectivity index is 0.000000704. The first-order valence-corrected chi connectivity index (χ1v) is 7.28. The zero-order chi connectivity index (χ0) is 14.5. The molecule has 2 heterocycles. The van der Waals surface area contributed by atoms with Crippen molar-refractivity contribution in [3.8, 4) is 17.1 Å². The second-order valence-electron chi connectivity index (χ2n) is 3.78. The highest BCUT2D eigenvalue weighted by Gasteiger charge is 2.07. The summed E-state index contributed by atoms with van der Waals surface area (Å²) >= 11 is 1.39. The van der Waals surface area contributed by atoms with Gasteiger partial charge < -0.3 is 9.72 Å². The SMILES string of the molecule is CC.COc1cccc(-c2nc3ccsc3c(=O)[nH]2)c1. The number of hydrogen-bond acceptors (Lipinski definition) is 4. The van der Waals surface area contributed by atoms with Crippen LogP contribution in [0, 0.1) is 0 Å². The molecular weight excluding hydrogens is 272 g/mol. The second kappa shape index (κ2) is 6.34. The number of ether oxygens (including phenoxy) is 1. The van der Waals surface area contributed by atoms with E-state index >= 15 is 0 Å². The van der Waals surface area contributed by atoms with Gasteiger partial charge in [0.25, 0.3) is 5.56 Å². The molecule has 20 heavy (non-hydrogen) atoms. The van der Waals surface area contributed by atoms with Gasteiger partial charge in [0.2, 0.25) is 0 Å². The summed E-state index contributed by atoms with van der Waals surface area (Å²) in [5.74, 6) is 1.30. The normalized spacial score (nSPS) is 9.95. The maximum absolute atomic E-state index is 11.9. The first kappa shape index (κ1) is 14.3. The predicted octanol–water partition coefficient (Wildman–Crippen LogP) is 3.69. The van der Waals surface area contributed by atoms with E-state index in [4.69, 9.17) is 4.74 Å². The number of aromatic amines is 1. The third-order valence-electron chi connectivity index (χ3n) is 2.66. The van der Waals surface area contributed by atoms with Gasteiger partial charge in [-0.2, -0.15) is 0 Å². The Morgan fingerprint density at radius 3 is 2.80 bits per heavy atom. The van der Waals surface area contributed by atoms with Crippen LogP contribution < -0.4 is 10.3 Å². The Bertz CT molecular complexity index is 762. The summed E-state index contributed by atoms with van der Waals surface area (Å²) in [5.41, 5.74) is 1.45. The quantitative estimate of drug-likeness (QED) is 0.782. The van der Waals surface area contributed by atoms with E-state index < -0.39 is 0 Å². The topological polar surface area (TPSA) is 55.0 Å². The highest BCUT2D eigenvalue weighted by molar-refractivity contribution is 7.17. The minimum atomic E-state index is -0.104. The summed E-state index contributed by atoms with van der Waals surface area (Å²) in [4.78, 5) is 19.1. The van der Waals surface area contributed by atoms with Crippen LogP contribution in [-0.4, -0.2) is 17.1 Å². The van der Waals surface area contributed by atoms with Crippen LogP contribution in [0.25, 0.3) is 21.6 Å². The summed E-state index contributed by atoms with van der Waals surface area (Å²) in [6, 6.07) is 9.30. The third-order valence-corrected chi connectivity index (χ3v) is 3.56. The number of aromatic nitrogens is 2. The molecule has 0 amide bonds. The lowest BCUT2D eigenvalue weighted by atomic mass is 10.2. The summed E-state index contributed by atoms with van der Waals surface area (Å²) in [5, 5.41) is 1.86. The molecule has 5 heteroatoms. The minimum absolute atomic E-state index is 0.104. The zero-order valence-electron chi connectivity index (χ0n) is 11.6. The zero-order valence-corrected chi connectivity index (χ0v) is 12.5. The van der Waals surface area contributed by atoms with E-state index in [0.717, 1.165) is 16.8 Å². The molecule has 4 nitrogen and oxygen atoms in total. The molecule has 3 rings (SSSR count). The predicted molar refractivity (Wildman–Crippen MR) is 83.6 cm³/mol. The standard InChI is InChI=1S/C13H10N2O2S.C2H6/c1-17-9-4-2-3-8(7-9)12-14-10-5-6-18-11(10)13(16)15-12;1-2/h2-7H,1H3,(H,14,15,16);1-2H3. The molecule has 0 atom stereocenters. The average molecular weight is 288 g/mol. The molecule has 1 N–H and O–H groups in total. The van der Waals surface area contributed by atoms with Crippen molar-refractivity contribution in [1.82, 2.24) is 9.97 Å². The van der Waals surface area contributed by atoms with E-state index in [0.29, 0.717) is 10.5 Å². The van der Waals surface area contributed by atoms with E-state index in [1.54, 1.807) is 7.11 Å². The molecule has 0 saturated heterocycles. The fourth-order valence-corrected chi connectivity index (χ4v) is 2.51. The smallest absolute Gasteiger partial charge is 0.269 e. The Hall–Kier alpha value is -2.14. The number of nitrogens with one attached hydrogen (secondary N) is 1. The van der Waals surface area contributed by atoms with E-state index in [9.17, 15) is 4.79 Å². The molecule has 0 saturated carbocycles. The molecule has 0 aliphatic carbocycles. The van der Waals surface area contributed by atoms with Gasteiger partial charge in [0.15, 0.2) is 0 Å². The minimum Gasteiger partial charge on any atom is -0.497 e. The number of fused-ring (bicyclic) bond motifs is 1. The third kappa shape index (κ3) is 2.72. The van der Waals surface area contributed by atoms with Gasteiger partial charge in [-0.3, -0.25) is 4.79 Å². The molecule has 2 aromatic heterocycles. The van der Waals surface area contributed by atoms with Crippen molar-refractivity contribution in [2.45, 2.75) is 13.8 Å². The second-order valence-corrected chi connectivity index (χ2v) is 4.70. The summed E-state index contributed by atoms with van der Waals surface area (Å²) in [6.45, 7) is 4.00. The summed E-state index contributed by atoms with van der Waals surface area (Å²) in [6.07, 6.45) is 0. The number of nitrogens with zero attached hydrogens (tertiary/aromatic N) is 1. The highest BCUT2D eigenvalue weighted by atomic mass is 32.1. The highest BCUT2D eigenvalue weighted by Crippen LogP contribution is 2.22. The molecule has 104 valence electrons. The molecule has 0 aliphatic rings. The maximum atomic E-state index is 11.9. The van der Waals surface area contributed by atoms with Crippen LogP contribution in [0.5, 0.6) is 5.75 Å². The molecule has 0 spiro atoms. The van der Waals surface area contributed by atoms with E-state index in [1.165, 1.54) is 11.3 Å². The van der Waals surface area contributed by atoms with Crippen LogP contribution in [-0.2, 0) is 0 Å². The largest absolute Gasteiger partial charge is 0.497 e. The Morgan fingerprint density at radius 1 is 1.25 bits per heavy atom. The number of benzene rings is 1. The first-order valence-electron chi connectivity index (χ1n) is 6.40. The average Bonchev–Trinajstić information content (AvgIpc) is 2.98. The monoisotopic (exact) mass is 288 g/mol. The number of rotatable bonds is 2. The van der Waals surface area contributed by atoms with Crippen molar-refractivity contribution in [1.29, 1.82) is 0 Å². The number of thiophene rings is 1. The maximum Gasteiger partial charge on any atom is 0.269 e. The van der Waals surface area contributed by atoms with Crippen LogP contribution >= 0.6 is 11.3 Å². The van der Waals surface area contributed by atoms with Crippen molar-refractivity contribution in [2.24, 2.45) is 0 Å². The fourth-order valence-electron chi connectivity index (χ4n) is 1.78. The van der Waals surface area contributed by atoms with Crippen molar-refractivity contribution in [2.75, 3.05) is 7.11 Å². The van der Waals surface area contributed by atoms with Crippen LogP contribution in [0.1, 0.15) is 13.8 Å². The van der Waals surface area contributed by atoms with Gasteiger partial charge in [-0.05, 0) is 23.6 Å². The van der Waals surface area contributed by atoms with Gasteiger partial charge in [-0.1, -0.05) is 26.0 Å². The van der Waals surface area contributed by atoms with Crippen LogP contribution in [0.3, 0.4) is 0 Å². The molecule has 0 aliphatic heterocycles. The van der Waals surface area contributed by atoms with E-state index in [-0.39, 0.29) is 5.56 Å². The first-order chi connectivity index (χ1) is 9.78. The molecule has 0 radical (unpaired) electrons. The van der Waals surface area contributed by atoms with Gasteiger partial charge in [-0.15, -0.1) is 11.3 Å². The van der Waals surface area contributed by atoms with Crippen molar-refractivity contribution >= 4 is 21.6 Å². The van der Waals surface area contributed by atoms with Gasteiger partial charge in [0.05, 0.1) is 12.6 Å². The van der Waals surface area contributed by atoms with Gasteiger partial charge >= 0.3 is 0 Å². The van der Waals surface area contributed by atoms with Gasteiger partial charge in [0.1, 0.15) is 16.3 Å². The van der Waals surface area contributed by atoms with Crippen LogP contribution in [0.4, 0.5) is 0 Å². The molecule has 0 unspecified atom stereocenters. The van der Waals surface area contributed by atoms with E-state index in [1.807, 2.05) is 49.6 Å². The fraction of sp³-hybridized carbons (Fsp3) is 0.200. The summed E-state index contributed by atoms with van der Waals surface area (Å²) in [7, 11) is 1.61. The number of methoxy groups -OCH3 is 1. The number of H-pyrrole nitrogens is 1. The lowest BCUT2D eigenvalue weighted by Gasteiger charge is -2.03. The van der Waals surface area contributed by atoms with Crippen LogP contribution in [0.2, 0.25) is 0 Å². The molecule has 0 bridgehead atoms. The Labute approximate surface area is 121 Å². The van der Waals surface area contributed by atoms with Gasteiger partial charge in [0, 0.05) is 5.56 Å². The van der Waals surface area contributed by atoms with Crippen molar-refractivity contribution in [3.63, 3.8) is 0 Å². The van der Waals surface area contributed by atoms with E-state index in [2.05, 4.69) is 9.97 Å². The number of hydrogen-bond donors (Lipinski definition) is 1. The van der Waals surface area contributed by atoms with Crippen LogP contribution in [0.15, 0.2) is 40.5 Å². The Kier molecular flexibility index (Phi) is 4.53. The lowest BCUT2D eigenvalue weighted by Crippen LogP contribution is -2.07. The molecule has 3 aromatic rings. The van der Waals surface area contributed by atoms with Crippen molar-refractivity contribution in [3.05, 3.63) is 46.1 Å². The molecule has 0 fully saturated rings. The lowest BCUT2D eigenvalue weighted by molar-refractivity contribution is 0.415. The molecule has 1 aromatic carbocycles. The Morgan fingerprint density at radius 2 is 2.05 bits per heavy atom. The summed E-state index contributed by atoms with van der Waals surface area (Å²) < 4.78 is 5.82. The van der Waals surface area contributed by atoms with Crippen molar-refractivity contribution < 1.29 is 4.74 Å². The van der Waals surface area contributed by atoms with Gasteiger partial charge in [-0.25, -0.2) is 4.98 Å². The molecular formula is C15H16N2O2S.